The minimum absolute atomic E-state index is 0.00980. The van der Waals surface area contributed by atoms with Gasteiger partial charge in [0.15, 0.2) is 6.61 Å². The van der Waals surface area contributed by atoms with E-state index in [0.717, 1.165) is 16.5 Å². The van der Waals surface area contributed by atoms with Gasteiger partial charge in [-0.2, -0.15) is 13.2 Å². The summed E-state index contributed by atoms with van der Waals surface area (Å²) in [5.41, 5.74) is 2.48. The zero-order chi connectivity index (χ0) is 35.6. The van der Waals surface area contributed by atoms with Gasteiger partial charge >= 0.3 is 6.18 Å². The number of amides is 1. The molecule has 1 aliphatic rings. The van der Waals surface area contributed by atoms with Crippen molar-refractivity contribution in [1.82, 2.24) is 19.4 Å². The van der Waals surface area contributed by atoms with E-state index in [4.69, 9.17) is 21.1 Å². The fourth-order valence-corrected chi connectivity index (χ4v) is 7.75. The highest BCUT2D eigenvalue weighted by molar-refractivity contribution is 9.10. The molecule has 2 aromatic heterocycles. The van der Waals surface area contributed by atoms with Crippen molar-refractivity contribution in [2.45, 2.75) is 17.6 Å². The van der Waals surface area contributed by atoms with Crippen LogP contribution in [0.3, 0.4) is 0 Å². The Morgan fingerprint density at radius 3 is 2.36 bits per heavy atom. The second kappa shape index (κ2) is 14.5. The van der Waals surface area contributed by atoms with Gasteiger partial charge < -0.3 is 18.9 Å². The molecular formula is C34H30BrClF3N5O5S. The normalized spacial score (nSPS) is 14.2. The summed E-state index contributed by atoms with van der Waals surface area (Å²) in [6.45, 7) is 1.61. The topological polar surface area (TPSA) is 106 Å². The van der Waals surface area contributed by atoms with E-state index in [-0.39, 0.29) is 33.1 Å². The highest BCUT2D eigenvalue weighted by Crippen LogP contribution is 2.30. The highest BCUT2D eigenvalue weighted by atomic mass is 79.9. The third-order valence-corrected chi connectivity index (χ3v) is 10.6. The Morgan fingerprint density at radius 1 is 0.960 bits per heavy atom. The Labute approximate surface area is 299 Å². The number of carbonyl (C=O) groups excluding carboxylic acids is 1. The Bertz CT molecular complexity index is 2120. The van der Waals surface area contributed by atoms with Gasteiger partial charge in [-0.3, -0.25) is 14.4 Å². The Balaban J connectivity index is 1.05. The summed E-state index contributed by atoms with van der Waals surface area (Å²) in [6, 6.07) is 21.3. The van der Waals surface area contributed by atoms with Gasteiger partial charge in [0.25, 0.3) is 15.9 Å². The van der Waals surface area contributed by atoms with Crippen molar-refractivity contribution in [2.24, 2.45) is 7.05 Å². The number of nitrogens with zero attached hydrogens (tertiary/aromatic N) is 4. The van der Waals surface area contributed by atoms with Crippen LogP contribution in [0.5, 0.6) is 17.4 Å². The first-order valence-electron chi connectivity index (χ1n) is 15.3. The lowest BCUT2D eigenvalue weighted by Gasteiger charge is -2.34. The minimum atomic E-state index is -4.39. The summed E-state index contributed by atoms with van der Waals surface area (Å²) < 4.78 is 78.3. The first kappa shape index (κ1) is 35.5. The number of halogens is 5. The van der Waals surface area contributed by atoms with E-state index in [2.05, 4.69) is 30.5 Å². The van der Waals surface area contributed by atoms with Gasteiger partial charge in [-0.15, -0.1) is 0 Å². The molecule has 1 N–H and O–H groups in total. The maximum Gasteiger partial charge on any atom is 0.422 e. The van der Waals surface area contributed by atoms with Crippen molar-refractivity contribution in [1.29, 1.82) is 0 Å². The van der Waals surface area contributed by atoms with Crippen LogP contribution in [0.15, 0.2) is 94.4 Å². The fraction of sp³-hybridized carbons (Fsp3) is 0.235. The number of aromatic nitrogens is 2. The average Bonchev–Trinajstić information content (AvgIpc) is 3.41. The SMILES string of the molecule is Cn1c(C(=O)N2CCN(Cc3ccc(OCC(F)(F)F)cc3)CC2)cc2ccc(Oc3ccc(NS(=O)(=O)c4cc(Cl)ccc4Br)cn3)cc21. The number of sulfonamides is 1. The van der Waals surface area contributed by atoms with Crippen LogP contribution >= 0.6 is 27.5 Å². The number of pyridine rings is 1. The lowest BCUT2D eigenvalue weighted by Crippen LogP contribution is -2.48. The van der Waals surface area contributed by atoms with Crippen LogP contribution in [0, 0.1) is 0 Å². The zero-order valence-electron chi connectivity index (χ0n) is 26.5. The molecule has 10 nitrogen and oxygen atoms in total. The summed E-state index contributed by atoms with van der Waals surface area (Å²) in [5, 5.41) is 1.14. The molecule has 16 heteroatoms. The summed E-state index contributed by atoms with van der Waals surface area (Å²) >= 11 is 9.22. The molecule has 0 aliphatic carbocycles. The van der Waals surface area contributed by atoms with Crippen molar-refractivity contribution >= 4 is 60.1 Å². The lowest BCUT2D eigenvalue weighted by atomic mass is 10.2. The predicted octanol–water partition coefficient (Wildman–Crippen LogP) is 7.48. The molecule has 6 rings (SSSR count). The molecule has 1 aliphatic heterocycles. The summed E-state index contributed by atoms with van der Waals surface area (Å²) in [7, 11) is -2.12. The predicted molar refractivity (Wildman–Crippen MR) is 186 cm³/mol. The number of piperazine rings is 1. The van der Waals surface area contributed by atoms with Gasteiger partial charge in [-0.1, -0.05) is 23.7 Å². The second-order valence-electron chi connectivity index (χ2n) is 11.6. The van der Waals surface area contributed by atoms with Gasteiger partial charge in [-0.05, 0) is 76.1 Å². The zero-order valence-corrected chi connectivity index (χ0v) is 29.6. The summed E-state index contributed by atoms with van der Waals surface area (Å²) in [5.74, 6) is 0.787. The molecule has 0 radical (unpaired) electrons. The number of nitrogens with one attached hydrogen (secondary N) is 1. The van der Waals surface area contributed by atoms with Gasteiger partial charge in [0, 0.05) is 66.8 Å². The van der Waals surface area contributed by atoms with Gasteiger partial charge in [0.1, 0.15) is 22.1 Å². The molecule has 0 atom stereocenters. The van der Waals surface area contributed by atoms with E-state index < -0.39 is 22.8 Å². The molecule has 3 aromatic carbocycles. The van der Waals surface area contributed by atoms with Crippen molar-refractivity contribution in [3.05, 3.63) is 106 Å². The van der Waals surface area contributed by atoms with E-state index in [1.54, 1.807) is 41.3 Å². The van der Waals surface area contributed by atoms with E-state index in [1.165, 1.54) is 36.5 Å². The van der Waals surface area contributed by atoms with Gasteiger partial charge in [-0.25, -0.2) is 13.4 Å². The number of aryl methyl sites for hydroxylation is 1. The highest BCUT2D eigenvalue weighted by Gasteiger charge is 2.28. The van der Waals surface area contributed by atoms with Crippen LogP contribution < -0.4 is 14.2 Å². The molecule has 0 spiro atoms. The molecule has 1 fully saturated rings. The fourth-order valence-electron chi connectivity index (χ4n) is 5.48. The van der Waals surface area contributed by atoms with Gasteiger partial charge in [0.05, 0.1) is 17.4 Å². The molecule has 5 aromatic rings. The third kappa shape index (κ3) is 8.52. The van der Waals surface area contributed by atoms with Crippen LogP contribution in [0.25, 0.3) is 10.9 Å². The third-order valence-electron chi connectivity index (χ3n) is 8.02. The quantitative estimate of drug-likeness (QED) is 0.156. The van der Waals surface area contributed by atoms with Crippen LogP contribution in [0.4, 0.5) is 18.9 Å². The van der Waals surface area contributed by atoms with E-state index in [0.29, 0.717) is 48.6 Å². The molecule has 0 bridgehead atoms. The number of carbonyl (C=O) groups is 1. The molecular weight excluding hydrogens is 763 g/mol. The Kier molecular flexibility index (Phi) is 10.3. The molecule has 0 unspecified atom stereocenters. The number of anilines is 1. The number of hydrogen-bond acceptors (Lipinski definition) is 7. The van der Waals surface area contributed by atoms with E-state index >= 15 is 0 Å². The molecule has 262 valence electrons. The first-order chi connectivity index (χ1) is 23.7. The van der Waals surface area contributed by atoms with Crippen molar-refractivity contribution in [2.75, 3.05) is 37.5 Å². The molecule has 3 heterocycles. The Morgan fingerprint density at radius 2 is 1.68 bits per heavy atom. The van der Waals surface area contributed by atoms with E-state index in [9.17, 15) is 26.4 Å². The maximum absolute atomic E-state index is 13.6. The smallest absolute Gasteiger partial charge is 0.422 e. The summed E-state index contributed by atoms with van der Waals surface area (Å²) in [4.78, 5) is 21.8. The second-order valence-corrected chi connectivity index (χ2v) is 14.5. The molecule has 0 saturated carbocycles. The minimum Gasteiger partial charge on any atom is -0.484 e. The molecule has 1 amide bonds. The van der Waals surface area contributed by atoms with Crippen molar-refractivity contribution in [3.63, 3.8) is 0 Å². The van der Waals surface area contributed by atoms with Crippen molar-refractivity contribution in [3.8, 4) is 17.4 Å². The average molecular weight is 793 g/mol. The number of ether oxygens (including phenoxy) is 2. The van der Waals surface area contributed by atoms with Crippen LogP contribution in [-0.2, 0) is 23.6 Å². The number of rotatable bonds is 10. The van der Waals surface area contributed by atoms with Gasteiger partial charge in [0.2, 0.25) is 5.88 Å². The number of hydrogen-bond donors (Lipinski definition) is 1. The lowest BCUT2D eigenvalue weighted by molar-refractivity contribution is -0.153. The molecule has 50 heavy (non-hydrogen) atoms. The largest absolute Gasteiger partial charge is 0.484 e. The Hall–Kier alpha value is -4.31. The monoisotopic (exact) mass is 791 g/mol. The standard InChI is InChI=1S/C34H30BrClF3N5O5S/c1-42-29-18-27(49-32-11-6-25(19-40-32)41-50(46,47)31-17-24(36)5-10-28(31)35)9-4-23(29)16-30(42)33(45)44-14-12-43(13-15-44)20-22-2-7-26(8-3-22)48-21-34(37,38)39/h2-11,16-19,41H,12-15,20-21H2,1H3. The van der Waals surface area contributed by atoms with Crippen LogP contribution in [0.2, 0.25) is 5.02 Å². The van der Waals surface area contributed by atoms with E-state index in [1.807, 2.05) is 23.7 Å². The van der Waals surface area contributed by atoms with Crippen LogP contribution in [-0.4, -0.2) is 72.6 Å². The number of fused-ring (bicyclic) bond motifs is 1. The maximum atomic E-state index is 13.6. The first-order valence-corrected chi connectivity index (χ1v) is 17.9. The van der Waals surface area contributed by atoms with Crippen LogP contribution in [0.1, 0.15) is 16.1 Å². The summed E-state index contributed by atoms with van der Waals surface area (Å²) in [6.07, 6.45) is -3.05. The van der Waals surface area contributed by atoms with Crippen molar-refractivity contribution < 1.29 is 35.9 Å². The molecule has 1 saturated heterocycles. The number of benzene rings is 3. The number of alkyl halides is 3.